The maximum absolute atomic E-state index is 11.4. The molecule has 2 aromatic rings. The van der Waals surface area contributed by atoms with Crippen molar-refractivity contribution in [1.29, 1.82) is 0 Å². The van der Waals surface area contributed by atoms with Gasteiger partial charge in [0.1, 0.15) is 5.75 Å². The lowest BCUT2D eigenvalue weighted by atomic mass is 10.1. The molecule has 0 fully saturated rings. The molecule has 0 spiro atoms. The SMILES string of the molecule is C=CCN(Cc1ccccc1OC)Cc1ccccc1C(=O)O. The molecule has 4 nitrogen and oxygen atoms in total. The molecule has 0 unspecified atom stereocenters. The van der Waals surface area contributed by atoms with E-state index in [1.165, 1.54) is 0 Å². The summed E-state index contributed by atoms with van der Waals surface area (Å²) in [6, 6.07) is 14.9. The number of rotatable bonds is 8. The number of methoxy groups -OCH3 is 1. The van der Waals surface area contributed by atoms with Crippen LogP contribution in [0.4, 0.5) is 0 Å². The van der Waals surface area contributed by atoms with Gasteiger partial charge in [-0.25, -0.2) is 4.79 Å². The van der Waals surface area contributed by atoms with E-state index in [-0.39, 0.29) is 0 Å². The van der Waals surface area contributed by atoms with Crippen molar-refractivity contribution in [3.8, 4) is 5.75 Å². The van der Waals surface area contributed by atoms with Gasteiger partial charge in [-0.05, 0) is 17.7 Å². The van der Waals surface area contributed by atoms with Crippen molar-refractivity contribution >= 4 is 5.97 Å². The predicted molar refractivity (Wildman–Crippen MR) is 90.7 cm³/mol. The fourth-order valence-corrected chi connectivity index (χ4v) is 2.55. The average Bonchev–Trinajstić information content (AvgIpc) is 2.56. The molecule has 1 N–H and O–H groups in total. The fourth-order valence-electron chi connectivity index (χ4n) is 2.55. The van der Waals surface area contributed by atoms with E-state index in [1.807, 2.05) is 42.5 Å². The van der Waals surface area contributed by atoms with E-state index in [9.17, 15) is 9.90 Å². The largest absolute Gasteiger partial charge is 0.496 e. The summed E-state index contributed by atoms with van der Waals surface area (Å²) in [5, 5.41) is 9.32. The van der Waals surface area contributed by atoms with E-state index < -0.39 is 5.97 Å². The van der Waals surface area contributed by atoms with Crippen LogP contribution in [0, 0.1) is 0 Å². The summed E-state index contributed by atoms with van der Waals surface area (Å²) in [5.74, 6) is -0.0791. The second-order valence-electron chi connectivity index (χ2n) is 5.23. The molecule has 0 aliphatic rings. The molecule has 4 heteroatoms. The molecule has 0 heterocycles. The number of para-hydroxylation sites is 1. The van der Waals surface area contributed by atoms with Crippen LogP contribution >= 0.6 is 0 Å². The van der Waals surface area contributed by atoms with Crippen LogP contribution in [0.25, 0.3) is 0 Å². The summed E-state index contributed by atoms with van der Waals surface area (Å²) in [5.41, 5.74) is 2.18. The van der Waals surface area contributed by atoms with E-state index in [4.69, 9.17) is 4.74 Å². The van der Waals surface area contributed by atoms with Gasteiger partial charge in [-0.3, -0.25) is 4.90 Å². The fraction of sp³-hybridized carbons (Fsp3) is 0.211. The van der Waals surface area contributed by atoms with Gasteiger partial charge in [0, 0.05) is 25.2 Å². The monoisotopic (exact) mass is 311 g/mol. The summed E-state index contributed by atoms with van der Waals surface area (Å²) < 4.78 is 5.39. The number of benzene rings is 2. The van der Waals surface area contributed by atoms with Crippen molar-refractivity contribution in [2.24, 2.45) is 0 Å². The van der Waals surface area contributed by atoms with E-state index in [0.717, 1.165) is 16.9 Å². The Morgan fingerprint density at radius 2 is 1.74 bits per heavy atom. The lowest BCUT2D eigenvalue weighted by Crippen LogP contribution is -2.24. The summed E-state index contributed by atoms with van der Waals surface area (Å²) in [4.78, 5) is 13.5. The average molecular weight is 311 g/mol. The van der Waals surface area contributed by atoms with Crippen LogP contribution in [0.15, 0.2) is 61.2 Å². The lowest BCUT2D eigenvalue weighted by Gasteiger charge is -2.22. The molecule has 0 aromatic heterocycles. The van der Waals surface area contributed by atoms with Crippen LogP contribution in [0.3, 0.4) is 0 Å². The van der Waals surface area contributed by atoms with Gasteiger partial charge >= 0.3 is 5.97 Å². The number of carboxylic acids is 1. The minimum atomic E-state index is -0.906. The highest BCUT2D eigenvalue weighted by atomic mass is 16.5. The normalized spacial score (nSPS) is 10.5. The van der Waals surface area contributed by atoms with Crippen LogP contribution in [0.5, 0.6) is 5.75 Å². The summed E-state index contributed by atoms with van der Waals surface area (Å²) >= 11 is 0. The molecule has 0 aliphatic heterocycles. The highest BCUT2D eigenvalue weighted by molar-refractivity contribution is 5.89. The maximum Gasteiger partial charge on any atom is 0.336 e. The lowest BCUT2D eigenvalue weighted by molar-refractivity contribution is 0.0694. The zero-order valence-corrected chi connectivity index (χ0v) is 13.2. The minimum Gasteiger partial charge on any atom is -0.496 e. The van der Waals surface area contributed by atoms with E-state index in [2.05, 4.69) is 11.5 Å². The molecule has 0 radical (unpaired) electrons. The van der Waals surface area contributed by atoms with Crippen LogP contribution in [-0.2, 0) is 13.1 Å². The number of ether oxygens (including phenoxy) is 1. The third-order valence-corrected chi connectivity index (χ3v) is 3.62. The highest BCUT2D eigenvalue weighted by Gasteiger charge is 2.14. The van der Waals surface area contributed by atoms with Gasteiger partial charge < -0.3 is 9.84 Å². The van der Waals surface area contributed by atoms with Gasteiger partial charge in [-0.2, -0.15) is 0 Å². The Balaban J connectivity index is 2.22. The van der Waals surface area contributed by atoms with Crippen LogP contribution < -0.4 is 4.74 Å². The minimum absolute atomic E-state index is 0.335. The first-order valence-corrected chi connectivity index (χ1v) is 7.42. The Morgan fingerprint density at radius 3 is 2.39 bits per heavy atom. The first-order chi connectivity index (χ1) is 11.2. The Bertz CT molecular complexity index is 682. The van der Waals surface area contributed by atoms with Gasteiger partial charge in [0.15, 0.2) is 0 Å². The van der Waals surface area contributed by atoms with Crippen LogP contribution in [0.2, 0.25) is 0 Å². The van der Waals surface area contributed by atoms with Gasteiger partial charge in [0.2, 0.25) is 0 Å². The Hall–Kier alpha value is -2.59. The molecule has 0 atom stereocenters. The van der Waals surface area contributed by atoms with E-state index >= 15 is 0 Å². The maximum atomic E-state index is 11.4. The molecule has 0 amide bonds. The molecule has 2 aromatic carbocycles. The van der Waals surface area contributed by atoms with Crippen molar-refractivity contribution in [3.05, 3.63) is 77.9 Å². The molecule has 0 saturated carbocycles. The van der Waals surface area contributed by atoms with Gasteiger partial charge in [-0.15, -0.1) is 6.58 Å². The predicted octanol–water partition coefficient (Wildman–Crippen LogP) is 3.58. The van der Waals surface area contributed by atoms with E-state index in [0.29, 0.717) is 25.2 Å². The number of hydrogen-bond donors (Lipinski definition) is 1. The van der Waals surface area contributed by atoms with Crippen molar-refractivity contribution in [3.63, 3.8) is 0 Å². The number of carbonyl (C=O) groups is 1. The van der Waals surface area contributed by atoms with Crippen molar-refractivity contribution in [2.45, 2.75) is 13.1 Å². The molecule has 120 valence electrons. The van der Waals surface area contributed by atoms with Crippen molar-refractivity contribution in [2.75, 3.05) is 13.7 Å². The third-order valence-electron chi connectivity index (χ3n) is 3.62. The van der Waals surface area contributed by atoms with Crippen molar-refractivity contribution in [1.82, 2.24) is 4.90 Å². The zero-order valence-electron chi connectivity index (χ0n) is 13.2. The molecule has 0 aliphatic carbocycles. The standard InChI is InChI=1S/C19H21NO3/c1-3-12-20(14-16-9-5-7-11-18(16)23-2)13-15-8-4-6-10-17(15)19(21)22/h3-11H,1,12-14H2,2H3,(H,21,22). The number of nitrogens with zero attached hydrogens (tertiary/aromatic N) is 1. The number of hydrogen-bond acceptors (Lipinski definition) is 3. The summed E-state index contributed by atoms with van der Waals surface area (Å²) in [7, 11) is 1.65. The topological polar surface area (TPSA) is 49.8 Å². The van der Waals surface area contributed by atoms with Gasteiger partial charge in [-0.1, -0.05) is 42.5 Å². The van der Waals surface area contributed by atoms with Gasteiger partial charge in [0.05, 0.1) is 12.7 Å². The van der Waals surface area contributed by atoms with Gasteiger partial charge in [0.25, 0.3) is 0 Å². The molecular weight excluding hydrogens is 290 g/mol. The number of aromatic carboxylic acids is 1. The first kappa shape index (κ1) is 16.8. The Kier molecular flexibility index (Phi) is 5.94. The van der Waals surface area contributed by atoms with Crippen LogP contribution in [-0.4, -0.2) is 29.6 Å². The first-order valence-electron chi connectivity index (χ1n) is 7.42. The number of carboxylic acid groups (broad SMARTS) is 1. The van der Waals surface area contributed by atoms with Crippen LogP contribution in [0.1, 0.15) is 21.5 Å². The highest BCUT2D eigenvalue weighted by Crippen LogP contribution is 2.21. The Morgan fingerprint density at radius 1 is 1.13 bits per heavy atom. The van der Waals surface area contributed by atoms with E-state index in [1.54, 1.807) is 19.2 Å². The smallest absolute Gasteiger partial charge is 0.336 e. The Labute approximate surface area is 136 Å². The second kappa shape index (κ2) is 8.15. The quantitative estimate of drug-likeness (QED) is 0.757. The molecule has 0 bridgehead atoms. The van der Waals surface area contributed by atoms with Crippen molar-refractivity contribution < 1.29 is 14.6 Å². The molecule has 2 rings (SSSR count). The molecule has 0 saturated heterocycles. The summed E-state index contributed by atoms with van der Waals surface area (Å²) in [6.07, 6.45) is 1.82. The molecular formula is C19H21NO3. The third kappa shape index (κ3) is 4.44. The second-order valence-corrected chi connectivity index (χ2v) is 5.23. The molecule has 23 heavy (non-hydrogen) atoms. The zero-order chi connectivity index (χ0) is 16.7. The summed E-state index contributed by atoms with van der Waals surface area (Å²) in [6.45, 7) is 5.64.